The van der Waals surface area contributed by atoms with Gasteiger partial charge in [-0.25, -0.2) is 0 Å². The molecule has 1 aromatic heterocycles. The molecule has 0 saturated heterocycles. The van der Waals surface area contributed by atoms with Gasteiger partial charge in [-0.2, -0.15) is 0 Å². The van der Waals surface area contributed by atoms with Crippen LogP contribution < -0.4 is 4.90 Å². The van der Waals surface area contributed by atoms with E-state index in [4.69, 9.17) is 0 Å². The Hall–Kier alpha value is -6.90. The topological polar surface area (TPSA) is 8.17 Å². The molecule has 10 aromatic rings. The molecule has 0 radical (unpaired) electrons. The van der Waals surface area contributed by atoms with Gasteiger partial charge in [0, 0.05) is 33.5 Å². The molecule has 0 unspecified atom stereocenters. The lowest BCUT2D eigenvalue weighted by Gasteiger charge is -2.26. The van der Waals surface area contributed by atoms with Gasteiger partial charge in [0.05, 0.1) is 11.0 Å². The van der Waals surface area contributed by atoms with E-state index in [0.717, 1.165) is 22.7 Å². The van der Waals surface area contributed by atoms with Crippen molar-refractivity contribution in [2.45, 2.75) is 0 Å². The average molecular weight is 663 g/mol. The maximum absolute atomic E-state index is 2.46. The van der Waals surface area contributed by atoms with Crippen LogP contribution in [0.3, 0.4) is 0 Å². The van der Waals surface area contributed by atoms with E-state index in [0.29, 0.717) is 0 Å². The number of hydrogen-bond acceptors (Lipinski definition) is 1. The van der Waals surface area contributed by atoms with Crippen LogP contribution in [0.2, 0.25) is 0 Å². The van der Waals surface area contributed by atoms with Crippen LogP contribution in [0.1, 0.15) is 0 Å². The Morgan fingerprint density at radius 2 is 0.885 bits per heavy atom. The van der Waals surface area contributed by atoms with Crippen molar-refractivity contribution in [1.29, 1.82) is 0 Å². The van der Waals surface area contributed by atoms with E-state index < -0.39 is 0 Å². The molecular formula is C50H34N2. The first kappa shape index (κ1) is 30.0. The molecular weight excluding hydrogens is 629 g/mol. The molecule has 2 nitrogen and oxygen atoms in total. The first-order valence-corrected chi connectivity index (χ1v) is 17.9. The van der Waals surface area contributed by atoms with Gasteiger partial charge in [0.15, 0.2) is 0 Å². The lowest BCUT2D eigenvalue weighted by Crippen LogP contribution is -2.10. The summed E-state index contributed by atoms with van der Waals surface area (Å²) in [5.41, 5.74) is 11.7. The molecule has 0 atom stereocenters. The zero-order valence-electron chi connectivity index (χ0n) is 28.5. The van der Waals surface area contributed by atoms with Crippen molar-refractivity contribution in [3.63, 3.8) is 0 Å². The van der Waals surface area contributed by atoms with E-state index in [1.54, 1.807) is 0 Å². The molecule has 0 N–H and O–H groups in total. The number of aromatic nitrogens is 1. The molecule has 0 aliphatic rings. The minimum absolute atomic E-state index is 1.09. The van der Waals surface area contributed by atoms with Crippen molar-refractivity contribution < 1.29 is 0 Å². The van der Waals surface area contributed by atoms with Crippen molar-refractivity contribution in [3.05, 3.63) is 206 Å². The summed E-state index contributed by atoms with van der Waals surface area (Å²) in [6.45, 7) is 0. The molecule has 0 spiro atoms. The maximum Gasteiger partial charge on any atom is 0.0547 e. The molecule has 9 aromatic carbocycles. The number of benzene rings is 9. The van der Waals surface area contributed by atoms with Gasteiger partial charge in [0.2, 0.25) is 0 Å². The van der Waals surface area contributed by atoms with Gasteiger partial charge in [-0.1, -0.05) is 152 Å². The predicted octanol–water partition coefficient (Wildman–Crippen LogP) is 13.9. The lowest BCUT2D eigenvalue weighted by molar-refractivity contribution is 1.17. The van der Waals surface area contributed by atoms with E-state index in [1.165, 1.54) is 65.6 Å². The summed E-state index contributed by atoms with van der Waals surface area (Å²) >= 11 is 0. The highest BCUT2D eigenvalue weighted by atomic mass is 15.1. The number of hydrogen-bond donors (Lipinski definition) is 0. The number of rotatable bonds is 6. The second kappa shape index (κ2) is 12.5. The third-order valence-corrected chi connectivity index (χ3v) is 10.4. The van der Waals surface area contributed by atoms with E-state index in [2.05, 4.69) is 216 Å². The van der Waals surface area contributed by atoms with Gasteiger partial charge in [-0.3, -0.25) is 0 Å². The second-order valence-corrected chi connectivity index (χ2v) is 13.3. The van der Waals surface area contributed by atoms with E-state index >= 15 is 0 Å². The highest BCUT2D eigenvalue weighted by Crippen LogP contribution is 2.44. The average Bonchev–Trinajstić information content (AvgIpc) is 3.57. The van der Waals surface area contributed by atoms with Gasteiger partial charge in [-0.05, 0) is 98.4 Å². The molecule has 244 valence electrons. The van der Waals surface area contributed by atoms with E-state index in [-0.39, 0.29) is 0 Å². The van der Waals surface area contributed by atoms with E-state index in [9.17, 15) is 0 Å². The molecule has 0 amide bonds. The van der Waals surface area contributed by atoms with Crippen molar-refractivity contribution >= 4 is 60.4 Å². The van der Waals surface area contributed by atoms with Gasteiger partial charge in [-0.15, -0.1) is 0 Å². The summed E-state index contributed by atoms with van der Waals surface area (Å²) in [5, 5.41) is 7.56. The summed E-state index contributed by atoms with van der Waals surface area (Å²) in [7, 11) is 0. The van der Waals surface area contributed by atoms with Crippen LogP contribution in [0.25, 0.3) is 71.3 Å². The Morgan fingerprint density at radius 3 is 1.69 bits per heavy atom. The minimum Gasteiger partial charge on any atom is -0.310 e. The maximum atomic E-state index is 2.46. The van der Waals surface area contributed by atoms with Crippen LogP contribution in [-0.4, -0.2) is 4.57 Å². The van der Waals surface area contributed by atoms with Crippen LogP contribution in [0.4, 0.5) is 17.1 Å². The SMILES string of the molecule is c1ccc(-c2ccc(N(c3ccccc3)c3cccc(-n4c5cccc(-c6cccc7ccccc67)c5c5c6ccccc6ccc54)c3)cc2)cc1. The smallest absolute Gasteiger partial charge is 0.0547 e. The quantitative estimate of drug-likeness (QED) is 0.172. The molecule has 0 bridgehead atoms. The Kier molecular flexibility index (Phi) is 7.18. The Labute approximate surface area is 303 Å². The fourth-order valence-electron chi connectivity index (χ4n) is 8.02. The Bertz CT molecular complexity index is 2880. The van der Waals surface area contributed by atoms with Crippen molar-refractivity contribution in [1.82, 2.24) is 4.57 Å². The Balaban J connectivity index is 1.21. The third kappa shape index (κ3) is 4.96. The van der Waals surface area contributed by atoms with E-state index in [1.807, 2.05) is 0 Å². The van der Waals surface area contributed by atoms with Crippen molar-refractivity contribution in [2.24, 2.45) is 0 Å². The monoisotopic (exact) mass is 662 g/mol. The number of anilines is 3. The predicted molar refractivity (Wildman–Crippen MR) is 221 cm³/mol. The third-order valence-electron chi connectivity index (χ3n) is 10.4. The summed E-state index contributed by atoms with van der Waals surface area (Å²) in [6.07, 6.45) is 0. The molecule has 0 aliphatic heterocycles. The van der Waals surface area contributed by atoms with Crippen LogP contribution >= 0.6 is 0 Å². The lowest BCUT2D eigenvalue weighted by atomic mass is 9.93. The normalized spacial score (nSPS) is 11.5. The molecule has 0 saturated carbocycles. The molecule has 52 heavy (non-hydrogen) atoms. The highest BCUT2D eigenvalue weighted by molar-refractivity contribution is 6.26. The molecule has 0 fully saturated rings. The van der Waals surface area contributed by atoms with Gasteiger partial charge in [0.1, 0.15) is 0 Å². The zero-order valence-corrected chi connectivity index (χ0v) is 28.5. The molecule has 0 aliphatic carbocycles. The van der Waals surface area contributed by atoms with Gasteiger partial charge < -0.3 is 9.47 Å². The van der Waals surface area contributed by atoms with Crippen LogP contribution in [0.5, 0.6) is 0 Å². The standard InChI is InChI=1S/C50H34N2/c1-3-14-35(15-4-1)36-28-31-40(32-29-36)51(39-19-5-2-6-20-39)41-21-12-22-42(34-41)52-47-27-13-26-46(45-25-11-18-37-16-7-9-23-43(37)45)50(47)49-44-24-10-8-17-38(44)30-33-48(49)52/h1-34H. The van der Waals surface area contributed by atoms with Crippen LogP contribution in [0.15, 0.2) is 206 Å². The minimum atomic E-state index is 1.09. The number of fused-ring (bicyclic) bond motifs is 6. The highest BCUT2D eigenvalue weighted by Gasteiger charge is 2.20. The number of para-hydroxylation sites is 1. The molecule has 1 heterocycles. The van der Waals surface area contributed by atoms with Crippen molar-refractivity contribution in [3.8, 4) is 27.9 Å². The first-order valence-electron chi connectivity index (χ1n) is 17.9. The fraction of sp³-hybridized carbons (Fsp3) is 0. The summed E-state index contributed by atoms with van der Waals surface area (Å²) in [6, 6.07) is 74.6. The number of nitrogens with zero attached hydrogens (tertiary/aromatic N) is 2. The Morgan fingerprint density at radius 1 is 0.327 bits per heavy atom. The largest absolute Gasteiger partial charge is 0.310 e. The fourth-order valence-corrected chi connectivity index (χ4v) is 8.02. The molecule has 10 rings (SSSR count). The van der Waals surface area contributed by atoms with Gasteiger partial charge >= 0.3 is 0 Å². The van der Waals surface area contributed by atoms with Crippen molar-refractivity contribution in [2.75, 3.05) is 4.90 Å². The van der Waals surface area contributed by atoms with Crippen LogP contribution in [0, 0.1) is 0 Å². The molecule has 2 heteroatoms. The van der Waals surface area contributed by atoms with Crippen LogP contribution in [-0.2, 0) is 0 Å². The second-order valence-electron chi connectivity index (χ2n) is 13.3. The summed E-state index contributed by atoms with van der Waals surface area (Å²) in [5.74, 6) is 0. The summed E-state index contributed by atoms with van der Waals surface area (Å²) in [4.78, 5) is 2.35. The summed E-state index contributed by atoms with van der Waals surface area (Å²) < 4.78 is 2.46. The first-order chi connectivity index (χ1) is 25.8. The zero-order chi connectivity index (χ0) is 34.4. The van der Waals surface area contributed by atoms with Gasteiger partial charge in [0.25, 0.3) is 0 Å².